The minimum Gasteiger partial charge on any atom is -0.461 e. The van der Waals surface area contributed by atoms with Gasteiger partial charge in [-0.15, -0.1) is 5.10 Å². The molecular formula is C18H24N8O3. The molecule has 0 radical (unpaired) electrons. The van der Waals surface area contributed by atoms with Gasteiger partial charge >= 0.3 is 11.7 Å². The van der Waals surface area contributed by atoms with E-state index in [2.05, 4.69) is 30.4 Å². The number of hydrogen-bond donors (Lipinski definition) is 1. The summed E-state index contributed by atoms with van der Waals surface area (Å²) in [6.07, 6.45) is 3.29. The van der Waals surface area contributed by atoms with Gasteiger partial charge in [-0.2, -0.15) is 4.98 Å². The summed E-state index contributed by atoms with van der Waals surface area (Å²) in [5, 5.41) is 11.2. The van der Waals surface area contributed by atoms with Gasteiger partial charge in [0.2, 0.25) is 0 Å². The lowest BCUT2D eigenvalue weighted by atomic mass is 10.3. The Morgan fingerprint density at radius 2 is 2.03 bits per heavy atom. The lowest BCUT2D eigenvalue weighted by Gasteiger charge is -2.12. The zero-order valence-electron chi connectivity index (χ0n) is 16.7. The van der Waals surface area contributed by atoms with Gasteiger partial charge in [-0.3, -0.25) is 18.9 Å². The van der Waals surface area contributed by atoms with Crippen LogP contribution in [0.25, 0.3) is 11.2 Å². The van der Waals surface area contributed by atoms with E-state index in [1.54, 1.807) is 18.5 Å². The van der Waals surface area contributed by atoms with Crippen molar-refractivity contribution in [2.45, 2.75) is 6.54 Å². The lowest BCUT2D eigenvalue weighted by molar-refractivity contribution is 0.284. The molecule has 1 N–H and O–H groups in total. The number of nitrogens with one attached hydrogen (secondary N) is 1. The maximum absolute atomic E-state index is 12.6. The highest BCUT2D eigenvalue weighted by Gasteiger charge is 2.16. The molecule has 3 rings (SSSR count). The first-order chi connectivity index (χ1) is 14.0. The molecule has 3 aromatic heterocycles. The number of ether oxygens (including phenoxy) is 1. The first kappa shape index (κ1) is 20.6. The van der Waals surface area contributed by atoms with E-state index in [-0.39, 0.29) is 23.7 Å². The van der Waals surface area contributed by atoms with Gasteiger partial charge in [-0.25, -0.2) is 4.79 Å². The van der Waals surface area contributed by atoms with E-state index in [0.29, 0.717) is 13.2 Å². The number of fused-ring (bicyclic) bond motifs is 1. The molecule has 0 unspecified atom stereocenters. The Bertz CT molecular complexity index is 1080. The van der Waals surface area contributed by atoms with Gasteiger partial charge in [0, 0.05) is 39.1 Å². The molecule has 29 heavy (non-hydrogen) atoms. The first-order valence-electron chi connectivity index (χ1n) is 9.19. The number of aromatic nitrogens is 6. The highest BCUT2D eigenvalue weighted by molar-refractivity contribution is 5.68. The quantitative estimate of drug-likeness (QED) is 0.444. The standard InChI is InChI=1S/C18H24N8O3/c1-24(2)9-7-19-8-10-29-17-21-14-15(22-23-17)26(18(28)25(3)16(14)27)12-13-5-4-6-20-11-13/h4-6,11,19H,7-10,12H2,1-3H3. The predicted octanol–water partition coefficient (Wildman–Crippen LogP) is -1.14. The second kappa shape index (κ2) is 9.34. The fourth-order valence-corrected chi connectivity index (χ4v) is 2.67. The monoisotopic (exact) mass is 400 g/mol. The second-order valence-electron chi connectivity index (χ2n) is 6.76. The predicted molar refractivity (Wildman–Crippen MR) is 107 cm³/mol. The third-order valence-electron chi connectivity index (χ3n) is 4.24. The third kappa shape index (κ3) is 5.00. The molecule has 0 aromatic carbocycles. The van der Waals surface area contributed by atoms with Crippen molar-refractivity contribution in [1.82, 2.24) is 39.5 Å². The van der Waals surface area contributed by atoms with Crippen LogP contribution in [0.2, 0.25) is 0 Å². The van der Waals surface area contributed by atoms with E-state index < -0.39 is 11.2 Å². The van der Waals surface area contributed by atoms with E-state index in [4.69, 9.17) is 4.74 Å². The number of pyridine rings is 1. The highest BCUT2D eigenvalue weighted by Crippen LogP contribution is 2.08. The van der Waals surface area contributed by atoms with Crippen molar-refractivity contribution in [3.8, 4) is 6.01 Å². The molecule has 0 aliphatic heterocycles. The van der Waals surface area contributed by atoms with E-state index >= 15 is 0 Å². The van der Waals surface area contributed by atoms with Crippen molar-refractivity contribution >= 4 is 11.2 Å². The molecular weight excluding hydrogens is 376 g/mol. The molecule has 3 heterocycles. The molecule has 0 spiro atoms. The van der Waals surface area contributed by atoms with Crippen molar-refractivity contribution in [3.05, 3.63) is 50.9 Å². The van der Waals surface area contributed by atoms with Gasteiger partial charge in [0.1, 0.15) is 6.61 Å². The van der Waals surface area contributed by atoms with E-state index in [1.165, 1.54) is 11.6 Å². The van der Waals surface area contributed by atoms with Crippen LogP contribution < -0.4 is 21.3 Å². The van der Waals surface area contributed by atoms with Gasteiger partial charge < -0.3 is 15.0 Å². The van der Waals surface area contributed by atoms with Gasteiger partial charge in [0.15, 0.2) is 11.2 Å². The molecule has 0 saturated heterocycles. The second-order valence-corrected chi connectivity index (χ2v) is 6.76. The summed E-state index contributed by atoms with van der Waals surface area (Å²) in [4.78, 5) is 35.4. The Morgan fingerprint density at radius 3 is 2.76 bits per heavy atom. The summed E-state index contributed by atoms with van der Waals surface area (Å²) >= 11 is 0. The van der Waals surface area contributed by atoms with E-state index in [9.17, 15) is 9.59 Å². The van der Waals surface area contributed by atoms with Gasteiger partial charge in [-0.05, 0) is 25.7 Å². The summed E-state index contributed by atoms with van der Waals surface area (Å²) in [6, 6.07) is 3.60. The van der Waals surface area contributed by atoms with Crippen LogP contribution in [-0.4, -0.2) is 74.5 Å². The Labute approximate surface area is 167 Å². The third-order valence-corrected chi connectivity index (χ3v) is 4.24. The molecule has 11 nitrogen and oxygen atoms in total. The fourth-order valence-electron chi connectivity index (χ4n) is 2.67. The van der Waals surface area contributed by atoms with Crippen molar-refractivity contribution in [1.29, 1.82) is 0 Å². The maximum Gasteiger partial charge on any atom is 0.336 e. The zero-order chi connectivity index (χ0) is 20.8. The minimum atomic E-state index is -0.545. The Hall–Kier alpha value is -3.18. The molecule has 0 atom stereocenters. The molecule has 3 aromatic rings. The van der Waals surface area contributed by atoms with Gasteiger partial charge in [0.05, 0.1) is 6.54 Å². The Kier molecular flexibility index (Phi) is 6.62. The van der Waals surface area contributed by atoms with Crippen LogP contribution in [-0.2, 0) is 13.6 Å². The Balaban J connectivity index is 1.81. The van der Waals surface area contributed by atoms with Crippen LogP contribution in [0.15, 0.2) is 34.1 Å². The molecule has 11 heteroatoms. The minimum absolute atomic E-state index is 0.00409. The lowest BCUT2D eigenvalue weighted by Crippen LogP contribution is -2.39. The topological polar surface area (TPSA) is 120 Å². The first-order valence-corrected chi connectivity index (χ1v) is 9.19. The molecule has 0 fully saturated rings. The molecule has 0 bridgehead atoms. The van der Waals surface area contributed by atoms with Crippen LogP contribution >= 0.6 is 0 Å². The number of likely N-dealkylation sites (N-methyl/N-ethyl adjacent to an activating group) is 1. The van der Waals surface area contributed by atoms with Crippen LogP contribution in [0.5, 0.6) is 6.01 Å². The molecule has 0 aliphatic carbocycles. The summed E-state index contributed by atoms with van der Waals surface area (Å²) in [5.41, 5.74) is -0.113. The van der Waals surface area contributed by atoms with Crippen molar-refractivity contribution in [2.24, 2.45) is 7.05 Å². The van der Waals surface area contributed by atoms with Crippen molar-refractivity contribution < 1.29 is 4.74 Å². The molecule has 0 amide bonds. The molecule has 154 valence electrons. The van der Waals surface area contributed by atoms with Gasteiger partial charge in [-0.1, -0.05) is 11.2 Å². The number of rotatable bonds is 9. The molecule has 0 aliphatic rings. The van der Waals surface area contributed by atoms with Crippen LogP contribution in [0.1, 0.15) is 5.56 Å². The fraction of sp³-hybridized carbons (Fsp3) is 0.444. The largest absolute Gasteiger partial charge is 0.461 e. The zero-order valence-corrected chi connectivity index (χ0v) is 16.7. The Morgan fingerprint density at radius 1 is 1.21 bits per heavy atom. The van der Waals surface area contributed by atoms with E-state index in [1.807, 2.05) is 20.2 Å². The van der Waals surface area contributed by atoms with Crippen molar-refractivity contribution in [2.75, 3.05) is 40.3 Å². The number of hydrogen-bond acceptors (Lipinski definition) is 9. The van der Waals surface area contributed by atoms with Crippen molar-refractivity contribution in [3.63, 3.8) is 0 Å². The van der Waals surface area contributed by atoms with Crippen LogP contribution in [0, 0.1) is 0 Å². The maximum atomic E-state index is 12.6. The summed E-state index contributed by atoms with van der Waals surface area (Å²) in [7, 11) is 5.41. The normalized spacial score (nSPS) is 11.3. The van der Waals surface area contributed by atoms with E-state index in [0.717, 1.165) is 23.2 Å². The summed E-state index contributed by atoms with van der Waals surface area (Å²) in [6.45, 7) is 2.88. The van der Waals surface area contributed by atoms with Crippen LogP contribution in [0.3, 0.4) is 0 Å². The van der Waals surface area contributed by atoms with Gasteiger partial charge in [0.25, 0.3) is 5.56 Å². The number of nitrogens with zero attached hydrogens (tertiary/aromatic N) is 7. The smallest absolute Gasteiger partial charge is 0.336 e. The highest BCUT2D eigenvalue weighted by atomic mass is 16.5. The summed E-state index contributed by atoms with van der Waals surface area (Å²) in [5.74, 6) is 0. The summed E-state index contributed by atoms with van der Waals surface area (Å²) < 4.78 is 7.85. The average molecular weight is 400 g/mol. The average Bonchev–Trinajstić information content (AvgIpc) is 2.72. The van der Waals surface area contributed by atoms with Crippen LogP contribution in [0.4, 0.5) is 0 Å². The SMILES string of the molecule is CN(C)CCNCCOc1nnc2c(n1)c(=O)n(C)c(=O)n2Cc1cccnc1. The molecule has 0 saturated carbocycles.